The quantitative estimate of drug-likeness (QED) is 0.0661. The summed E-state index contributed by atoms with van der Waals surface area (Å²) in [5, 5.41) is 13.0. The molecular weight excluding hydrogens is 1090 g/mol. The van der Waals surface area contributed by atoms with Gasteiger partial charge in [0.1, 0.15) is 41.4 Å². The molecular formula is C59H45ClF9N9O3. The van der Waals surface area contributed by atoms with Crippen molar-refractivity contribution in [3.63, 3.8) is 0 Å². The minimum absolute atomic E-state index is 0.0434. The number of H-pyrrole nitrogens is 1. The Kier molecular flexibility index (Phi) is 16.1. The number of halogens is 10. The van der Waals surface area contributed by atoms with Gasteiger partial charge in [0, 0.05) is 81.7 Å². The van der Waals surface area contributed by atoms with Crippen LogP contribution in [0.2, 0.25) is 5.02 Å². The molecule has 0 spiro atoms. The van der Waals surface area contributed by atoms with E-state index in [-0.39, 0.29) is 90.1 Å². The molecule has 3 atom stereocenters. The third kappa shape index (κ3) is 13.1. The number of nitrogens with zero attached hydrogens (tertiary/aromatic N) is 5. The van der Waals surface area contributed by atoms with Gasteiger partial charge in [-0.05, 0) is 133 Å². The van der Waals surface area contributed by atoms with Gasteiger partial charge in [-0.1, -0.05) is 35.9 Å². The first-order valence-corrected chi connectivity index (χ1v) is 25.7. The maximum absolute atomic E-state index is 15.7. The van der Waals surface area contributed by atoms with Gasteiger partial charge < -0.3 is 20.9 Å². The van der Waals surface area contributed by atoms with E-state index in [1.807, 2.05) is 0 Å². The number of anilines is 1. The number of hydrogen-bond donors (Lipinski definition) is 4. The Morgan fingerprint density at radius 1 is 0.691 bits per heavy atom. The summed E-state index contributed by atoms with van der Waals surface area (Å²) < 4.78 is 133. The monoisotopic (exact) mass is 1130 g/mol. The number of hydrogen-bond acceptors (Lipinski definition) is 7. The van der Waals surface area contributed by atoms with E-state index in [2.05, 4.69) is 41.0 Å². The van der Waals surface area contributed by atoms with Gasteiger partial charge in [0.05, 0.1) is 41.3 Å². The van der Waals surface area contributed by atoms with Crippen LogP contribution in [0.1, 0.15) is 70.0 Å². The third-order valence-electron chi connectivity index (χ3n) is 13.9. The van der Waals surface area contributed by atoms with Crippen molar-refractivity contribution in [2.75, 3.05) is 5.32 Å². The highest BCUT2D eigenvalue weighted by Gasteiger charge is 2.41. The topological polar surface area (TPSA) is 160 Å². The minimum atomic E-state index is -4.92. The van der Waals surface area contributed by atoms with Crippen LogP contribution in [0.25, 0.3) is 33.3 Å². The van der Waals surface area contributed by atoms with Crippen LogP contribution in [-0.2, 0) is 59.2 Å². The molecule has 0 aliphatic heterocycles. The van der Waals surface area contributed by atoms with E-state index in [1.165, 1.54) is 48.9 Å². The molecule has 0 bridgehead atoms. The van der Waals surface area contributed by atoms with E-state index in [9.17, 15) is 49.5 Å². The Balaban J connectivity index is 0.875. The van der Waals surface area contributed by atoms with Crippen molar-refractivity contribution in [2.45, 2.75) is 69.8 Å². The zero-order chi connectivity index (χ0) is 57.1. The van der Waals surface area contributed by atoms with Gasteiger partial charge in [-0.2, -0.15) is 18.3 Å². The summed E-state index contributed by atoms with van der Waals surface area (Å²) in [6.07, 6.45) is -0.307. The lowest BCUT2D eigenvalue weighted by Crippen LogP contribution is -2.34. The molecule has 4 N–H and O–H groups in total. The standard InChI is InChI=1S/C59H45ClF9N9O3/c60-37-7-4-34(5-8-37)55-57(72-15-14-71-55)50(21-33-18-41(64)27-42(65)19-33)76-54(81)30-78-51-22-31(3-10-44(51)58(77-78)59(67,68)69)23-52(79)74-48-24-35(6-11-46(48)66)43-2-1-13-70-56(43)49(20-32-16-39(62)26-40(63)17-32)75-53(80)25-36-29-73-47-12-9-38(61)28-45(36)47/h1-2,4-9,11-19,24,26-29,31,49-50,73H,3,10,20-23,25,30H2,(H,74,79)(H,75,80)(H,76,81)/t31?,49-,50?/m0/s1. The van der Waals surface area contributed by atoms with E-state index in [0.29, 0.717) is 50.3 Å². The highest BCUT2D eigenvalue weighted by molar-refractivity contribution is 6.30. The summed E-state index contributed by atoms with van der Waals surface area (Å²) in [5.74, 6) is -7.56. The van der Waals surface area contributed by atoms with Crippen molar-refractivity contribution in [1.82, 2.24) is 40.3 Å². The van der Waals surface area contributed by atoms with Gasteiger partial charge in [-0.15, -0.1) is 0 Å². The summed E-state index contributed by atoms with van der Waals surface area (Å²) in [5.41, 5.74) is 1.60. The van der Waals surface area contributed by atoms with Crippen molar-refractivity contribution in [1.29, 1.82) is 0 Å². The Bertz CT molecular complexity index is 3810. The van der Waals surface area contributed by atoms with Crippen molar-refractivity contribution >= 4 is 45.9 Å². The van der Waals surface area contributed by atoms with Gasteiger partial charge in [-0.25, -0.2) is 26.3 Å². The highest BCUT2D eigenvalue weighted by Crippen LogP contribution is 2.39. The molecule has 9 aromatic rings. The second kappa shape index (κ2) is 23.5. The average molecular weight is 1130 g/mol. The number of pyridine rings is 1. The number of carbonyl (C=O) groups excluding carboxylic acids is 3. The first kappa shape index (κ1) is 55.5. The number of carbonyl (C=O) groups is 3. The van der Waals surface area contributed by atoms with Crippen LogP contribution < -0.4 is 16.0 Å². The Hall–Kier alpha value is -8.85. The highest BCUT2D eigenvalue weighted by atomic mass is 35.5. The molecule has 5 aromatic carbocycles. The smallest absolute Gasteiger partial charge is 0.361 e. The fraction of sp³-hybridized carbons (Fsp3) is 0.203. The molecule has 0 fully saturated rings. The second-order valence-corrected chi connectivity index (χ2v) is 20.0. The average Bonchev–Trinajstić information content (AvgIpc) is 4.18. The van der Waals surface area contributed by atoms with E-state index >= 15 is 4.39 Å². The van der Waals surface area contributed by atoms with E-state index in [0.717, 1.165) is 35.0 Å². The number of aromatic nitrogens is 6. The van der Waals surface area contributed by atoms with Crippen LogP contribution >= 0.6 is 11.6 Å². The Morgan fingerprint density at radius 2 is 1.33 bits per heavy atom. The third-order valence-corrected chi connectivity index (χ3v) is 14.1. The van der Waals surface area contributed by atoms with Gasteiger partial charge in [0.25, 0.3) is 0 Å². The number of fused-ring (bicyclic) bond motifs is 2. The van der Waals surface area contributed by atoms with Gasteiger partial charge in [0.15, 0.2) is 5.69 Å². The molecule has 0 radical (unpaired) electrons. The van der Waals surface area contributed by atoms with Crippen molar-refractivity contribution in [3.05, 3.63) is 219 Å². The van der Waals surface area contributed by atoms with Gasteiger partial charge >= 0.3 is 6.18 Å². The van der Waals surface area contributed by atoms with Crippen molar-refractivity contribution in [3.8, 4) is 22.4 Å². The van der Waals surface area contributed by atoms with Crippen LogP contribution in [0.3, 0.4) is 0 Å². The van der Waals surface area contributed by atoms with Gasteiger partial charge in [-0.3, -0.25) is 34.0 Å². The molecule has 3 amide bonds. The zero-order valence-electron chi connectivity index (χ0n) is 42.3. The fourth-order valence-corrected chi connectivity index (χ4v) is 10.5. The van der Waals surface area contributed by atoms with Crippen LogP contribution in [0.15, 0.2) is 134 Å². The van der Waals surface area contributed by atoms with E-state index < -0.39 is 89.0 Å². The minimum Gasteiger partial charge on any atom is -0.361 e. The number of alkyl halides is 3. The molecule has 10 rings (SSSR count). The Morgan fingerprint density at radius 3 is 2.02 bits per heavy atom. The normalized spacial score (nSPS) is 14.1. The predicted molar refractivity (Wildman–Crippen MR) is 282 cm³/mol. The lowest BCUT2D eigenvalue weighted by Gasteiger charge is -2.24. The number of aromatic amines is 1. The van der Waals surface area contributed by atoms with Gasteiger partial charge in [0.2, 0.25) is 17.7 Å². The van der Waals surface area contributed by atoms with Crippen molar-refractivity contribution in [2.24, 2.45) is 5.92 Å². The van der Waals surface area contributed by atoms with Crippen molar-refractivity contribution < 1.29 is 53.9 Å². The fourth-order valence-electron chi connectivity index (χ4n) is 10.4. The molecule has 414 valence electrons. The summed E-state index contributed by atoms with van der Waals surface area (Å²) in [6, 6.07) is 21.1. The molecule has 0 saturated carbocycles. The van der Waals surface area contributed by atoms with Crippen LogP contribution in [0, 0.1) is 40.8 Å². The lowest BCUT2D eigenvalue weighted by molar-refractivity contribution is -0.142. The molecule has 4 aromatic heterocycles. The summed E-state index contributed by atoms with van der Waals surface area (Å²) in [6.45, 7) is -0.745. The molecule has 4 heterocycles. The Labute approximate surface area is 460 Å². The van der Waals surface area contributed by atoms with E-state index in [1.54, 1.807) is 42.6 Å². The first-order chi connectivity index (χ1) is 38.8. The predicted octanol–water partition coefficient (Wildman–Crippen LogP) is 12.3. The largest absolute Gasteiger partial charge is 0.435 e. The van der Waals surface area contributed by atoms with Crippen LogP contribution in [0.4, 0.5) is 45.2 Å². The molecule has 2 unspecified atom stereocenters. The number of nitrogens with one attached hydrogen (secondary N) is 4. The zero-order valence-corrected chi connectivity index (χ0v) is 43.1. The molecule has 1 aliphatic rings. The molecule has 0 saturated heterocycles. The summed E-state index contributed by atoms with van der Waals surface area (Å²) in [7, 11) is 0. The second-order valence-electron chi connectivity index (χ2n) is 19.6. The summed E-state index contributed by atoms with van der Waals surface area (Å²) in [4.78, 5) is 58.2. The molecule has 1 aliphatic carbocycles. The maximum Gasteiger partial charge on any atom is 0.435 e. The molecule has 81 heavy (non-hydrogen) atoms. The molecule has 22 heteroatoms. The van der Waals surface area contributed by atoms with Crippen LogP contribution in [0.5, 0.6) is 0 Å². The lowest BCUT2D eigenvalue weighted by atomic mass is 9.84. The number of benzene rings is 5. The molecule has 12 nitrogen and oxygen atoms in total. The number of amides is 3. The SMILES string of the molecule is O=C(CC1CCc2c(C(F)(F)F)nn(CC(=O)NC(Cc3cc(F)cc(F)c3)c3nccnc3-c3ccc(Cl)cc3)c2C1)Nc1cc(-c2cccnc2[C@H](Cc2cc(F)cc(F)c2)NC(=O)Cc2c[nH]c3ccc(F)cc23)ccc1F. The summed E-state index contributed by atoms with van der Waals surface area (Å²) >= 11 is 6.13. The number of rotatable bonds is 17. The van der Waals surface area contributed by atoms with Crippen LogP contribution in [-0.4, -0.2) is 47.4 Å². The first-order valence-electron chi connectivity index (χ1n) is 25.3. The van der Waals surface area contributed by atoms with E-state index in [4.69, 9.17) is 11.6 Å². The maximum atomic E-state index is 15.7.